The summed E-state index contributed by atoms with van der Waals surface area (Å²) in [5.41, 5.74) is 4.45. The summed E-state index contributed by atoms with van der Waals surface area (Å²) in [6.45, 7) is 0. The maximum atomic E-state index is 11.5. The Balaban J connectivity index is 1.56. The van der Waals surface area contributed by atoms with Gasteiger partial charge < -0.3 is 10.1 Å². The predicted octanol–water partition coefficient (Wildman–Crippen LogP) is 4.37. The lowest BCUT2D eigenvalue weighted by atomic mass is 10.0. The van der Waals surface area contributed by atoms with Crippen molar-refractivity contribution in [3.63, 3.8) is 0 Å². The zero-order valence-electron chi connectivity index (χ0n) is 13.2. The molecule has 4 heteroatoms. The molecular formula is C19H20N2O2. The van der Waals surface area contributed by atoms with E-state index < -0.39 is 0 Å². The number of hydrogen-bond acceptors (Lipinski definition) is 4. The Morgan fingerprint density at radius 3 is 2.22 bits per heavy atom. The Labute approximate surface area is 135 Å². The molecule has 0 aliphatic heterocycles. The highest BCUT2D eigenvalue weighted by Crippen LogP contribution is 2.46. The molecule has 118 valence electrons. The van der Waals surface area contributed by atoms with Crippen molar-refractivity contribution in [2.75, 3.05) is 12.4 Å². The number of rotatable bonds is 5. The van der Waals surface area contributed by atoms with Crippen LogP contribution in [0.15, 0.2) is 36.5 Å². The van der Waals surface area contributed by atoms with Crippen LogP contribution in [-0.4, -0.2) is 18.1 Å². The lowest BCUT2D eigenvalue weighted by Crippen LogP contribution is -2.03. The molecule has 1 aromatic heterocycles. The first-order valence-electron chi connectivity index (χ1n) is 8.19. The van der Waals surface area contributed by atoms with Gasteiger partial charge in [0.2, 0.25) is 0 Å². The number of carbonyl (C=O) groups excluding carboxylic acids is 1. The smallest absolute Gasteiger partial charge is 0.339 e. The SMILES string of the molecule is COC(=O)c1ccc(Nc2cc(C3CC3)cc(C3CC3)c2)nc1. The molecule has 0 atom stereocenters. The van der Waals surface area contributed by atoms with Crippen LogP contribution in [0.1, 0.15) is 59.0 Å². The van der Waals surface area contributed by atoms with Gasteiger partial charge >= 0.3 is 5.97 Å². The Bertz CT molecular complexity index is 701. The van der Waals surface area contributed by atoms with Crippen molar-refractivity contribution in [1.82, 2.24) is 4.98 Å². The number of methoxy groups -OCH3 is 1. The zero-order chi connectivity index (χ0) is 15.8. The van der Waals surface area contributed by atoms with Crippen molar-refractivity contribution < 1.29 is 9.53 Å². The van der Waals surface area contributed by atoms with E-state index in [4.69, 9.17) is 4.74 Å². The average molecular weight is 308 g/mol. The van der Waals surface area contributed by atoms with Crippen molar-refractivity contribution in [1.29, 1.82) is 0 Å². The van der Waals surface area contributed by atoms with Crippen LogP contribution in [0.4, 0.5) is 11.5 Å². The van der Waals surface area contributed by atoms with E-state index in [1.807, 2.05) is 6.07 Å². The molecule has 0 spiro atoms. The van der Waals surface area contributed by atoms with Crippen LogP contribution >= 0.6 is 0 Å². The third kappa shape index (κ3) is 3.21. The summed E-state index contributed by atoms with van der Waals surface area (Å²) in [4.78, 5) is 15.8. The average Bonchev–Trinajstić information content (AvgIpc) is 3.47. The lowest BCUT2D eigenvalue weighted by molar-refractivity contribution is 0.0600. The second-order valence-corrected chi connectivity index (χ2v) is 6.49. The summed E-state index contributed by atoms with van der Waals surface area (Å²) >= 11 is 0. The van der Waals surface area contributed by atoms with Crippen LogP contribution in [0.2, 0.25) is 0 Å². The minimum absolute atomic E-state index is 0.365. The molecule has 1 heterocycles. The van der Waals surface area contributed by atoms with Crippen molar-refractivity contribution in [3.05, 3.63) is 53.2 Å². The van der Waals surface area contributed by atoms with Gasteiger partial charge in [-0.2, -0.15) is 0 Å². The Hall–Kier alpha value is -2.36. The fraction of sp³-hybridized carbons (Fsp3) is 0.368. The number of aromatic nitrogens is 1. The predicted molar refractivity (Wildman–Crippen MR) is 89.3 cm³/mol. The van der Waals surface area contributed by atoms with E-state index in [-0.39, 0.29) is 5.97 Å². The number of anilines is 2. The fourth-order valence-electron chi connectivity index (χ4n) is 2.91. The molecule has 2 aliphatic carbocycles. The molecule has 2 aromatic rings. The summed E-state index contributed by atoms with van der Waals surface area (Å²) in [5.74, 6) is 1.86. The molecular weight excluding hydrogens is 288 g/mol. The Kier molecular flexibility index (Phi) is 3.52. The maximum Gasteiger partial charge on any atom is 0.339 e. The maximum absolute atomic E-state index is 11.5. The highest BCUT2D eigenvalue weighted by atomic mass is 16.5. The largest absolute Gasteiger partial charge is 0.465 e. The van der Waals surface area contributed by atoms with Gasteiger partial charge in [0.1, 0.15) is 5.82 Å². The number of esters is 1. The molecule has 4 nitrogen and oxygen atoms in total. The van der Waals surface area contributed by atoms with Crippen molar-refractivity contribution in [2.45, 2.75) is 37.5 Å². The molecule has 2 aliphatic rings. The van der Waals surface area contributed by atoms with Gasteiger partial charge in [0.05, 0.1) is 12.7 Å². The summed E-state index contributed by atoms with van der Waals surface area (Å²) in [6, 6.07) is 10.4. The van der Waals surface area contributed by atoms with Crippen LogP contribution in [0.3, 0.4) is 0 Å². The van der Waals surface area contributed by atoms with Gasteiger partial charge in [0.25, 0.3) is 0 Å². The number of pyridine rings is 1. The molecule has 0 bridgehead atoms. The number of nitrogens with one attached hydrogen (secondary N) is 1. The topological polar surface area (TPSA) is 51.2 Å². The zero-order valence-corrected chi connectivity index (χ0v) is 13.2. The van der Waals surface area contributed by atoms with Gasteiger partial charge in [-0.1, -0.05) is 6.07 Å². The number of carbonyl (C=O) groups is 1. The van der Waals surface area contributed by atoms with E-state index in [1.54, 1.807) is 12.3 Å². The lowest BCUT2D eigenvalue weighted by Gasteiger charge is -2.11. The summed E-state index contributed by atoms with van der Waals surface area (Å²) in [5, 5.41) is 3.37. The molecule has 0 saturated heterocycles. The normalized spacial score (nSPS) is 16.9. The van der Waals surface area contributed by atoms with Crippen molar-refractivity contribution in [3.8, 4) is 0 Å². The van der Waals surface area contributed by atoms with Gasteiger partial charge in [0, 0.05) is 11.9 Å². The Morgan fingerprint density at radius 2 is 1.74 bits per heavy atom. The van der Waals surface area contributed by atoms with Crippen molar-refractivity contribution in [2.24, 2.45) is 0 Å². The fourth-order valence-corrected chi connectivity index (χ4v) is 2.91. The van der Waals surface area contributed by atoms with E-state index in [0.717, 1.165) is 23.3 Å². The molecule has 0 unspecified atom stereocenters. The monoisotopic (exact) mass is 308 g/mol. The minimum atomic E-state index is -0.365. The first-order valence-corrected chi connectivity index (χ1v) is 8.19. The van der Waals surface area contributed by atoms with Crippen LogP contribution < -0.4 is 5.32 Å². The van der Waals surface area contributed by atoms with E-state index in [0.29, 0.717) is 5.56 Å². The third-order valence-corrected chi connectivity index (χ3v) is 4.53. The van der Waals surface area contributed by atoms with Crippen LogP contribution in [0.5, 0.6) is 0 Å². The molecule has 1 N–H and O–H groups in total. The van der Waals surface area contributed by atoms with E-state index in [9.17, 15) is 4.79 Å². The quantitative estimate of drug-likeness (QED) is 0.833. The van der Waals surface area contributed by atoms with E-state index in [2.05, 4.69) is 28.5 Å². The second kappa shape index (κ2) is 5.69. The number of ether oxygens (including phenoxy) is 1. The van der Waals surface area contributed by atoms with Gasteiger partial charge in [0.15, 0.2) is 0 Å². The molecule has 23 heavy (non-hydrogen) atoms. The van der Waals surface area contributed by atoms with Gasteiger partial charge in [-0.25, -0.2) is 9.78 Å². The first-order chi connectivity index (χ1) is 11.2. The van der Waals surface area contributed by atoms with Crippen molar-refractivity contribution >= 4 is 17.5 Å². The number of benzene rings is 1. The van der Waals surface area contributed by atoms with E-state index in [1.165, 1.54) is 43.9 Å². The van der Waals surface area contributed by atoms with Crippen LogP contribution in [0.25, 0.3) is 0 Å². The molecule has 1 aromatic carbocycles. The third-order valence-electron chi connectivity index (χ3n) is 4.53. The van der Waals surface area contributed by atoms with Gasteiger partial charge in [-0.3, -0.25) is 0 Å². The second-order valence-electron chi connectivity index (χ2n) is 6.49. The van der Waals surface area contributed by atoms with Crippen LogP contribution in [0, 0.1) is 0 Å². The molecule has 2 saturated carbocycles. The highest BCUT2D eigenvalue weighted by molar-refractivity contribution is 5.89. The molecule has 0 radical (unpaired) electrons. The minimum Gasteiger partial charge on any atom is -0.465 e. The standard InChI is InChI=1S/C19H20N2O2/c1-23-19(22)14-6-7-18(20-11-14)21-17-9-15(12-2-3-12)8-16(10-17)13-4-5-13/h6-13H,2-5H2,1H3,(H,20,21). The molecule has 0 amide bonds. The highest BCUT2D eigenvalue weighted by Gasteiger charge is 2.28. The van der Waals surface area contributed by atoms with Crippen LogP contribution in [-0.2, 0) is 4.74 Å². The summed E-state index contributed by atoms with van der Waals surface area (Å²) < 4.78 is 4.69. The first kappa shape index (κ1) is 14.2. The summed E-state index contributed by atoms with van der Waals surface area (Å²) in [7, 11) is 1.37. The van der Waals surface area contributed by atoms with E-state index >= 15 is 0 Å². The number of hydrogen-bond donors (Lipinski definition) is 1. The van der Waals surface area contributed by atoms with Gasteiger partial charge in [-0.15, -0.1) is 0 Å². The molecule has 2 fully saturated rings. The Morgan fingerprint density at radius 1 is 1.09 bits per heavy atom. The molecule has 4 rings (SSSR count). The van der Waals surface area contributed by atoms with Gasteiger partial charge in [-0.05, 0) is 72.9 Å². The summed E-state index contributed by atoms with van der Waals surface area (Å²) in [6.07, 6.45) is 6.76. The number of nitrogens with zero attached hydrogens (tertiary/aromatic N) is 1.